The van der Waals surface area contributed by atoms with Gasteiger partial charge in [0, 0.05) is 0 Å². The van der Waals surface area contributed by atoms with Crippen molar-refractivity contribution in [3.8, 4) is 0 Å². The summed E-state index contributed by atoms with van der Waals surface area (Å²) >= 11 is 0. The van der Waals surface area contributed by atoms with Crippen LogP contribution in [-0.4, -0.2) is 24.5 Å². The standard InChI is InChI=1S/C9H13NO3/c1-2-13-7(11)6-5-9(3-4-9)8(12)10-6/h6H,2-5H2,1H3,(H,10,12). The van der Waals surface area contributed by atoms with Crippen molar-refractivity contribution < 1.29 is 14.3 Å². The van der Waals surface area contributed by atoms with Crippen molar-refractivity contribution >= 4 is 11.9 Å². The second kappa shape index (κ2) is 2.72. The monoisotopic (exact) mass is 183 g/mol. The summed E-state index contributed by atoms with van der Waals surface area (Å²) in [5.41, 5.74) is -0.197. The Morgan fingerprint density at radius 1 is 1.69 bits per heavy atom. The van der Waals surface area contributed by atoms with Crippen molar-refractivity contribution in [3.63, 3.8) is 0 Å². The number of rotatable bonds is 2. The molecule has 1 saturated heterocycles. The van der Waals surface area contributed by atoms with E-state index in [0.717, 1.165) is 12.8 Å². The van der Waals surface area contributed by atoms with Crippen molar-refractivity contribution in [1.82, 2.24) is 5.32 Å². The number of esters is 1. The van der Waals surface area contributed by atoms with E-state index in [9.17, 15) is 9.59 Å². The van der Waals surface area contributed by atoms with Gasteiger partial charge in [0.05, 0.1) is 12.0 Å². The molecule has 1 aliphatic carbocycles. The van der Waals surface area contributed by atoms with Crippen molar-refractivity contribution in [2.75, 3.05) is 6.61 Å². The summed E-state index contributed by atoms with van der Waals surface area (Å²) in [7, 11) is 0. The van der Waals surface area contributed by atoms with Crippen molar-refractivity contribution in [2.24, 2.45) is 5.41 Å². The van der Waals surface area contributed by atoms with Crippen LogP contribution in [0.3, 0.4) is 0 Å². The van der Waals surface area contributed by atoms with Gasteiger partial charge in [-0.05, 0) is 26.2 Å². The molecule has 4 nitrogen and oxygen atoms in total. The van der Waals surface area contributed by atoms with Gasteiger partial charge in [0.1, 0.15) is 6.04 Å². The molecule has 2 fully saturated rings. The highest BCUT2D eigenvalue weighted by atomic mass is 16.5. The van der Waals surface area contributed by atoms with Gasteiger partial charge in [-0.15, -0.1) is 0 Å². The molecule has 0 bridgehead atoms. The number of hydrogen-bond acceptors (Lipinski definition) is 3. The third-order valence-corrected chi connectivity index (χ3v) is 2.81. The van der Waals surface area contributed by atoms with Gasteiger partial charge in [0.15, 0.2) is 0 Å². The van der Waals surface area contributed by atoms with Gasteiger partial charge < -0.3 is 10.1 Å². The number of hydrogen-bond donors (Lipinski definition) is 1. The van der Waals surface area contributed by atoms with Crippen LogP contribution in [0.2, 0.25) is 0 Å². The molecule has 1 heterocycles. The van der Waals surface area contributed by atoms with E-state index < -0.39 is 6.04 Å². The van der Waals surface area contributed by atoms with Crippen LogP contribution in [0.15, 0.2) is 0 Å². The maximum atomic E-state index is 11.4. The first-order valence-electron chi connectivity index (χ1n) is 4.65. The first-order valence-corrected chi connectivity index (χ1v) is 4.65. The van der Waals surface area contributed by atoms with E-state index in [-0.39, 0.29) is 17.3 Å². The van der Waals surface area contributed by atoms with E-state index in [4.69, 9.17) is 4.74 Å². The predicted octanol–water partition coefficient (Wildman–Crippen LogP) is 0.218. The predicted molar refractivity (Wildman–Crippen MR) is 44.8 cm³/mol. The number of carbonyl (C=O) groups excluding carboxylic acids is 2. The molecule has 72 valence electrons. The zero-order valence-electron chi connectivity index (χ0n) is 7.63. The lowest BCUT2D eigenvalue weighted by molar-refractivity contribution is -0.145. The first kappa shape index (κ1) is 8.53. The normalized spacial score (nSPS) is 28.7. The van der Waals surface area contributed by atoms with Crippen LogP contribution in [0.1, 0.15) is 26.2 Å². The SMILES string of the molecule is CCOC(=O)C1CC2(CC2)C(=O)N1. The molecule has 1 saturated carbocycles. The third-order valence-electron chi connectivity index (χ3n) is 2.81. The Labute approximate surface area is 76.6 Å². The lowest BCUT2D eigenvalue weighted by atomic mass is 10.0. The van der Waals surface area contributed by atoms with Gasteiger partial charge in [-0.25, -0.2) is 4.79 Å². The molecule has 13 heavy (non-hydrogen) atoms. The van der Waals surface area contributed by atoms with Crippen molar-refractivity contribution in [3.05, 3.63) is 0 Å². The molecule has 1 spiro atoms. The Kier molecular flexibility index (Phi) is 1.78. The summed E-state index contributed by atoms with van der Waals surface area (Å²) < 4.78 is 4.84. The molecular formula is C9H13NO3. The maximum Gasteiger partial charge on any atom is 0.328 e. The zero-order chi connectivity index (χ0) is 9.47. The van der Waals surface area contributed by atoms with Crippen LogP contribution < -0.4 is 5.32 Å². The Bertz CT molecular complexity index is 258. The fraction of sp³-hybridized carbons (Fsp3) is 0.778. The Morgan fingerprint density at radius 3 is 2.85 bits per heavy atom. The minimum atomic E-state index is -0.394. The van der Waals surface area contributed by atoms with Crippen LogP contribution in [0.4, 0.5) is 0 Å². The Morgan fingerprint density at radius 2 is 2.38 bits per heavy atom. The van der Waals surface area contributed by atoms with E-state index >= 15 is 0 Å². The molecule has 1 N–H and O–H groups in total. The summed E-state index contributed by atoms with van der Waals surface area (Å²) in [6.07, 6.45) is 2.48. The van der Waals surface area contributed by atoms with Crippen LogP contribution in [0.25, 0.3) is 0 Å². The third kappa shape index (κ3) is 1.30. The quantitative estimate of drug-likeness (QED) is 0.623. The maximum absolute atomic E-state index is 11.4. The Hall–Kier alpha value is -1.06. The van der Waals surface area contributed by atoms with Gasteiger partial charge in [-0.2, -0.15) is 0 Å². The topological polar surface area (TPSA) is 55.4 Å². The van der Waals surface area contributed by atoms with Gasteiger partial charge in [0.25, 0.3) is 0 Å². The van der Waals surface area contributed by atoms with E-state index in [1.165, 1.54) is 0 Å². The first-order chi connectivity index (χ1) is 6.18. The average molecular weight is 183 g/mol. The molecule has 2 rings (SSSR count). The fourth-order valence-corrected chi connectivity index (χ4v) is 1.81. The van der Waals surface area contributed by atoms with E-state index in [0.29, 0.717) is 13.0 Å². The molecule has 0 aromatic carbocycles. The molecule has 0 aromatic rings. The molecule has 0 aromatic heterocycles. The summed E-state index contributed by atoms with van der Waals surface area (Å²) in [6.45, 7) is 2.14. The highest BCUT2D eigenvalue weighted by Crippen LogP contribution is 2.52. The summed E-state index contributed by atoms with van der Waals surface area (Å²) in [6, 6.07) is -0.394. The highest BCUT2D eigenvalue weighted by molar-refractivity contribution is 5.94. The van der Waals surface area contributed by atoms with Gasteiger partial charge in [-0.3, -0.25) is 4.79 Å². The number of amides is 1. The second-order valence-electron chi connectivity index (χ2n) is 3.76. The summed E-state index contributed by atoms with van der Waals surface area (Å²) in [5, 5.41) is 2.68. The van der Waals surface area contributed by atoms with Crippen molar-refractivity contribution in [1.29, 1.82) is 0 Å². The summed E-state index contributed by atoms with van der Waals surface area (Å²) in [4.78, 5) is 22.6. The second-order valence-corrected chi connectivity index (χ2v) is 3.76. The largest absolute Gasteiger partial charge is 0.464 e. The van der Waals surface area contributed by atoms with Crippen LogP contribution in [0.5, 0.6) is 0 Å². The van der Waals surface area contributed by atoms with E-state index in [1.807, 2.05) is 0 Å². The lowest BCUT2D eigenvalue weighted by Crippen LogP contribution is -2.34. The molecule has 1 amide bonds. The van der Waals surface area contributed by atoms with Crippen LogP contribution >= 0.6 is 0 Å². The number of nitrogens with one attached hydrogen (secondary N) is 1. The van der Waals surface area contributed by atoms with Gasteiger partial charge in [-0.1, -0.05) is 0 Å². The molecular weight excluding hydrogens is 170 g/mol. The highest BCUT2D eigenvalue weighted by Gasteiger charge is 2.57. The smallest absolute Gasteiger partial charge is 0.328 e. The fourth-order valence-electron chi connectivity index (χ4n) is 1.81. The van der Waals surface area contributed by atoms with Crippen LogP contribution in [0, 0.1) is 5.41 Å². The molecule has 1 atom stereocenters. The molecule has 4 heteroatoms. The summed E-state index contributed by atoms with van der Waals surface area (Å²) in [5.74, 6) is -0.259. The molecule has 2 aliphatic rings. The van der Waals surface area contributed by atoms with Gasteiger partial charge >= 0.3 is 5.97 Å². The zero-order valence-corrected chi connectivity index (χ0v) is 7.63. The average Bonchev–Trinajstić information content (AvgIpc) is 2.77. The molecule has 1 aliphatic heterocycles. The molecule has 1 unspecified atom stereocenters. The lowest BCUT2D eigenvalue weighted by Gasteiger charge is -2.07. The number of carbonyl (C=O) groups is 2. The minimum Gasteiger partial charge on any atom is -0.464 e. The molecule has 0 radical (unpaired) electrons. The Balaban J connectivity index is 1.97. The van der Waals surface area contributed by atoms with E-state index in [2.05, 4.69) is 5.32 Å². The van der Waals surface area contributed by atoms with Gasteiger partial charge in [0.2, 0.25) is 5.91 Å². The van der Waals surface area contributed by atoms with Crippen molar-refractivity contribution in [2.45, 2.75) is 32.2 Å². The minimum absolute atomic E-state index is 0.0329. The van der Waals surface area contributed by atoms with E-state index in [1.54, 1.807) is 6.92 Å². The van der Waals surface area contributed by atoms with Crippen LogP contribution in [-0.2, 0) is 14.3 Å². The number of ether oxygens (including phenoxy) is 1.